The van der Waals surface area contributed by atoms with Gasteiger partial charge in [-0.05, 0) is 51.0 Å². The predicted octanol–water partition coefficient (Wildman–Crippen LogP) is 3.32. The van der Waals surface area contributed by atoms with Crippen LogP contribution in [0, 0.1) is 5.92 Å². The van der Waals surface area contributed by atoms with Crippen molar-refractivity contribution in [3.05, 3.63) is 47.8 Å². The first-order chi connectivity index (χ1) is 11.6. The molecule has 6 nitrogen and oxygen atoms in total. The number of carbonyl (C=O) groups excluding carboxylic acids is 2. The van der Waals surface area contributed by atoms with Gasteiger partial charge in [0.1, 0.15) is 0 Å². The monoisotopic (exact) mass is 342 g/mol. The maximum atomic E-state index is 12.3. The Bertz CT molecular complexity index is 740. The topological polar surface area (TPSA) is 76.0 Å². The Hall–Kier alpha value is -2.63. The first kappa shape index (κ1) is 18.7. The lowest BCUT2D eigenvalue weighted by Crippen LogP contribution is -2.40. The fourth-order valence-corrected chi connectivity index (χ4v) is 2.28. The van der Waals surface area contributed by atoms with E-state index < -0.39 is 0 Å². The quantitative estimate of drug-likeness (QED) is 0.875. The van der Waals surface area contributed by atoms with Crippen molar-refractivity contribution < 1.29 is 9.59 Å². The van der Waals surface area contributed by atoms with E-state index in [1.54, 1.807) is 41.3 Å². The summed E-state index contributed by atoms with van der Waals surface area (Å²) < 4.78 is 1.76. The first-order valence-electron chi connectivity index (χ1n) is 8.40. The van der Waals surface area contributed by atoms with Crippen LogP contribution < -0.4 is 10.6 Å². The molecule has 0 atom stereocenters. The summed E-state index contributed by atoms with van der Waals surface area (Å²) in [6.45, 7) is 10.7. The van der Waals surface area contributed by atoms with Gasteiger partial charge < -0.3 is 10.6 Å². The zero-order valence-corrected chi connectivity index (χ0v) is 15.5. The standard InChI is InChI=1S/C19H26N4O2/c1-13(2)11-23-12-15(10-20-23)17(24)21-16-8-6-14(7-9-16)18(25)22-19(3,4)5/h6-10,12-13H,11H2,1-5H3,(H,21,24)(H,22,25). The molecular weight excluding hydrogens is 316 g/mol. The van der Waals surface area contributed by atoms with Gasteiger partial charge in [-0.3, -0.25) is 14.3 Å². The van der Waals surface area contributed by atoms with Gasteiger partial charge in [0, 0.05) is 29.5 Å². The lowest BCUT2D eigenvalue weighted by atomic mass is 10.1. The van der Waals surface area contributed by atoms with Crippen molar-refractivity contribution in [1.29, 1.82) is 0 Å². The molecule has 0 bridgehead atoms. The van der Waals surface area contributed by atoms with Gasteiger partial charge in [0.25, 0.3) is 11.8 Å². The van der Waals surface area contributed by atoms with Gasteiger partial charge in [-0.2, -0.15) is 5.10 Å². The molecule has 0 unspecified atom stereocenters. The third kappa shape index (κ3) is 5.74. The summed E-state index contributed by atoms with van der Waals surface area (Å²) in [5, 5.41) is 9.91. The van der Waals surface area contributed by atoms with Gasteiger partial charge in [-0.25, -0.2) is 0 Å². The SMILES string of the molecule is CC(C)Cn1cc(C(=O)Nc2ccc(C(=O)NC(C)(C)C)cc2)cn1. The molecule has 25 heavy (non-hydrogen) atoms. The van der Waals surface area contributed by atoms with Crippen LogP contribution in [0.25, 0.3) is 0 Å². The second-order valence-electron chi connectivity index (χ2n) is 7.58. The average molecular weight is 342 g/mol. The van der Waals surface area contributed by atoms with E-state index in [-0.39, 0.29) is 17.4 Å². The summed E-state index contributed by atoms with van der Waals surface area (Å²) >= 11 is 0. The van der Waals surface area contributed by atoms with Crippen LogP contribution >= 0.6 is 0 Å². The largest absolute Gasteiger partial charge is 0.347 e. The highest BCUT2D eigenvalue weighted by atomic mass is 16.2. The summed E-state index contributed by atoms with van der Waals surface area (Å²) in [4.78, 5) is 24.4. The maximum Gasteiger partial charge on any atom is 0.258 e. The van der Waals surface area contributed by atoms with E-state index in [1.807, 2.05) is 20.8 Å². The smallest absolute Gasteiger partial charge is 0.258 e. The summed E-state index contributed by atoms with van der Waals surface area (Å²) in [6, 6.07) is 6.82. The summed E-state index contributed by atoms with van der Waals surface area (Å²) in [5.74, 6) is 0.102. The Morgan fingerprint density at radius 3 is 2.28 bits per heavy atom. The molecule has 0 saturated heterocycles. The number of nitrogens with zero attached hydrogens (tertiary/aromatic N) is 2. The number of nitrogens with one attached hydrogen (secondary N) is 2. The van der Waals surface area contributed by atoms with E-state index in [1.165, 1.54) is 0 Å². The van der Waals surface area contributed by atoms with E-state index in [9.17, 15) is 9.59 Å². The lowest BCUT2D eigenvalue weighted by Gasteiger charge is -2.20. The molecule has 1 aromatic carbocycles. The van der Waals surface area contributed by atoms with Crippen molar-refractivity contribution >= 4 is 17.5 Å². The van der Waals surface area contributed by atoms with E-state index in [2.05, 4.69) is 29.6 Å². The second-order valence-corrected chi connectivity index (χ2v) is 7.58. The van der Waals surface area contributed by atoms with Crippen LogP contribution in [0.5, 0.6) is 0 Å². The van der Waals surface area contributed by atoms with Crippen molar-refractivity contribution in [3.8, 4) is 0 Å². The van der Waals surface area contributed by atoms with Gasteiger partial charge in [0.2, 0.25) is 0 Å². The number of anilines is 1. The van der Waals surface area contributed by atoms with E-state index in [4.69, 9.17) is 0 Å². The number of benzene rings is 1. The number of aromatic nitrogens is 2. The third-order valence-electron chi connectivity index (χ3n) is 3.34. The van der Waals surface area contributed by atoms with Crippen LogP contribution in [0.4, 0.5) is 5.69 Å². The average Bonchev–Trinajstić information content (AvgIpc) is 2.94. The Morgan fingerprint density at radius 2 is 1.72 bits per heavy atom. The second kappa shape index (κ2) is 7.51. The normalized spacial score (nSPS) is 11.4. The molecule has 0 radical (unpaired) electrons. The molecule has 0 fully saturated rings. The number of hydrogen-bond donors (Lipinski definition) is 2. The Labute approximate surface area is 148 Å². The van der Waals surface area contributed by atoms with Crippen molar-refractivity contribution in [2.45, 2.75) is 46.7 Å². The molecular formula is C19H26N4O2. The van der Waals surface area contributed by atoms with E-state index >= 15 is 0 Å². The Morgan fingerprint density at radius 1 is 1.08 bits per heavy atom. The molecule has 2 rings (SSSR count). The van der Waals surface area contributed by atoms with Crippen molar-refractivity contribution in [2.75, 3.05) is 5.32 Å². The molecule has 0 spiro atoms. The fourth-order valence-electron chi connectivity index (χ4n) is 2.28. The number of rotatable bonds is 5. The van der Waals surface area contributed by atoms with Crippen molar-refractivity contribution in [2.24, 2.45) is 5.92 Å². The summed E-state index contributed by atoms with van der Waals surface area (Å²) in [5.41, 5.74) is 1.40. The zero-order chi connectivity index (χ0) is 18.6. The van der Waals surface area contributed by atoms with Crippen LogP contribution in [0.1, 0.15) is 55.3 Å². The van der Waals surface area contributed by atoms with Crippen LogP contribution in [-0.4, -0.2) is 27.1 Å². The van der Waals surface area contributed by atoms with Gasteiger partial charge in [-0.1, -0.05) is 13.8 Å². The maximum absolute atomic E-state index is 12.3. The molecule has 0 saturated carbocycles. The van der Waals surface area contributed by atoms with Crippen LogP contribution in [-0.2, 0) is 6.54 Å². The van der Waals surface area contributed by atoms with Crippen molar-refractivity contribution in [1.82, 2.24) is 15.1 Å². The highest BCUT2D eigenvalue weighted by molar-refractivity contribution is 6.04. The Kier molecular flexibility index (Phi) is 5.62. The van der Waals surface area contributed by atoms with Gasteiger partial charge in [0.05, 0.1) is 11.8 Å². The molecule has 2 aromatic rings. The van der Waals surface area contributed by atoms with Gasteiger partial charge in [-0.15, -0.1) is 0 Å². The van der Waals surface area contributed by atoms with Gasteiger partial charge >= 0.3 is 0 Å². The van der Waals surface area contributed by atoms with E-state index in [0.29, 0.717) is 22.7 Å². The minimum atomic E-state index is -0.292. The van der Waals surface area contributed by atoms with Crippen LogP contribution in [0.2, 0.25) is 0 Å². The summed E-state index contributed by atoms with van der Waals surface area (Å²) in [7, 11) is 0. The molecule has 0 aliphatic rings. The molecule has 1 heterocycles. The molecule has 134 valence electrons. The molecule has 6 heteroatoms. The molecule has 0 aliphatic carbocycles. The zero-order valence-electron chi connectivity index (χ0n) is 15.5. The molecule has 1 aromatic heterocycles. The molecule has 2 N–H and O–H groups in total. The van der Waals surface area contributed by atoms with Gasteiger partial charge in [0.15, 0.2) is 0 Å². The Balaban J connectivity index is 1.99. The summed E-state index contributed by atoms with van der Waals surface area (Å²) in [6.07, 6.45) is 3.29. The molecule has 0 aliphatic heterocycles. The first-order valence-corrected chi connectivity index (χ1v) is 8.40. The minimum absolute atomic E-state index is 0.139. The number of amides is 2. The van der Waals surface area contributed by atoms with Crippen LogP contribution in [0.15, 0.2) is 36.7 Å². The third-order valence-corrected chi connectivity index (χ3v) is 3.34. The fraction of sp³-hybridized carbons (Fsp3) is 0.421. The predicted molar refractivity (Wildman–Crippen MR) is 98.7 cm³/mol. The number of carbonyl (C=O) groups is 2. The highest BCUT2D eigenvalue weighted by Crippen LogP contribution is 2.13. The van der Waals surface area contributed by atoms with Crippen molar-refractivity contribution in [3.63, 3.8) is 0 Å². The van der Waals surface area contributed by atoms with Crippen LogP contribution in [0.3, 0.4) is 0 Å². The highest BCUT2D eigenvalue weighted by Gasteiger charge is 2.15. The number of hydrogen-bond acceptors (Lipinski definition) is 3. The lowest BCUT2D eigenvalue weighted by molar-refractivity contribution is 0.0919. The van der Waals surface area contributed by atoms with E-state index in [0.717, 1.165) is 6.54 Å². The minimum Gasteiger partial charge on any atom is -0.347 e. The molecule has 2 amide bonds.